The quantitative estimate of drug-likeness (QED) is 0.605. The van der Waals surface area contributed by atoms with Gasteiger partial charge in [0.2, 0.25) is 11.8 Å². The van der Waals surface area contributed by atoms with E-state index >= 15 is 0 Å². The zero-order valence-electron chi connectivity index (χ0n) is 15.8. The van der Waals surface area contributed by atoms with E-state index in [2.05, 4.69) is 21.2 Å². The SMILES string of the molecule is CC(C)NC(=O)C(C)N(Cc1ccc(Br)cc1)C(=O)CSc1ccccc1. The van der Waals surface area contributed by atoms with Crippen LogP contribution in [0.2, 0.25) is 0 Å². The van der Waals surface area contributed by atoms with Crippen LogP contribution in [-0.4, -0.2) is 34.6 Å². The van der Waals surface area contributed by atoms with Crippen LogP contribution in [0, 0.1) is 0 Å². The van der Waals surface area contributed by atoms with E-state index in [1.165, 1.54) is 11.8 Å². The van der Waals surface area contributed by atoms with Gasteiger partial charge in [-0.3, -0.25) is 9.59 Å². The maximum Gasteiger partial charge on any atom is 0.242 e. The molecule has 27 heavy (non-hydrogen) atoms. The van der Waals surface area contributed by atoms with E-state index in [9.17, 15) is 9.59 Å². The summed E-state index contributed by atoms with van der Waals surface area (Å²) in [6.07, 6.45) is 0. The summed E-state index contributed by atoms with van der Waals surface area (Å²) in [4.78, 5) is 28.1. The average molecular weight is 449 g/mol. The van der Waals surface area contributed by atoms with Gasteiger partial charge in [-0.25, -0.2) is 0 Å². The van der Waals surface area contributed by atoms with Crippen molar-refractivity contribution >= 4 is 39.5 Å². The van der Waals surface area contributed by atoms with Gasteiger partial charge < -0.3 is 10.2 Å². The highest BCUT2D eigenvalue weighted by Gasteiger charge is 2.26. The first kappa shape index (κ1) is 21.5. The summed E-state index contributed by atoms with van der Waals surface area (Å²) < 4.78 is 0.981. The zero-order chi connectivity index (χ0) is 19.8. The second-order valence-electron chi connectivity index (χ2n) is 6.59. The molecule has 0 spiro atoms. The minimum absolute atomic E-state index is 0.0308. The highest BCUT2D eigenvalue weighted by atomic mass is 79.9. The van der Waals surface area contributed by atoms with Crippen LogP contribution in [0.1, 0.15) is 26.3 Å². The molecule has 2 amide bonds. The van der Waals surface area contributed by atoms with Gasteiger partial charge in [0.1, 0.15) is 6.04 Å². The average Bonchev–Trinajstić information content (AvgIpc) is 2.65. The molecule has 1 unspecified atom stereocenters. The van der Waals surface area contributed by atoms with E-state index in [1.807, 2.05) is 68.4 Å². The minimum atomic E-state index is -0.542. The van der Waals surface area contributed by atoms with Crippen molar-refractivity contribution in [3.8, 4) is 0 Å². The molecule has 0 heterocycles. The highest BCUT2D eigenvalue weighted by molar-refractivity contribution is 9.10. The topological polar surface area (TPSA) is 49.4 Å². The molecule has 2 aromatic carbocycles. The van der Waals surface area contributed by atoms with Gasteiger partial charge >= 0.3 is 0 Å². The van der Waals surface area contributed by atoms with E-state index in [0.717, 1.165) is 14.9 Å². The number of thioether (sulfide) groups is 1. The van der Waals surface area contributed by atoms with E-state index < -0.39 is 6.04 Å². The molecule has 0 aliphatic rings. The Morgan fingerprint density at radius 2 is 1.67 bits per heavy atom. The number of nitrogens with zero attached hydrogens (tertiary/aromatic N) is 1. The Hall–Kier alpha value is -1.79. The second kappa shape index (κ2) is 10.5. The summed E-state index contributed by atoms with van der Waals surface area (Å²) in [7, 11) is 0. The fourth-order valence-corrected chi connectivity index (χ4v) is 3.59. The molecular weight excluding hydrogens is 424 g/mol. The lowest BCUT2D eigenvalue weighted by Crippen LogP contribution is -2.49. The summed E-state index contributed by atoms with van der Waals surface area (Å²) >= 11 is 4.91. The van der Waals surface area contributed by atoms with Crippen LogP contribution in [0.4, 0.5) is 0 Å². The lowest BCUT2D eigenvalue weighted by atomic mass is 10.1. The fourth-order valence-electron chi connectivity index (χ4n) is 2.52. The maximum atomic E-state index is 12.9. The van der Waals surface area contributed by atoms with Gasteiger partial charge in [-0.1, -0.05) is 46.3 Å². The standard InChI is InChI=1S/C21H25BrN2O2S/c1-15(2)23-21(26)16(3)24(13-17-9-11-18(22)12-10-17)20(25)14-27-19-7-5-4-6-8-19/h4-12,15-16H,13-14H2,1-3H3,(H,23,26). The molecule has 0 aliphatic heterocycles. The van der Waals surface area contributed by atoms with Gasteiger partial charge in [0.05, 0.1) is 5.75 Å². The van der Waals surface area contributed by atoms with Crippen molar-refractivity contribution in [2.75, 3.05) is 5.75 Å². The summed E-state index contributed by atoms with van der Waals surface area (Å²) in [6.45, 7) is 6.00. The third kappa shape index (κ3) is 7.03. The van der Waals surface area contributed by atoms with Crippen molar-refractivity contribution in [1.29, 1.82) is 0 Å². The lowest BCUT2D eigenvalue weighted by molar-refractivity contribution is -0.138. The number of hydrogen-bond donors (Lipinski definition) is 1. The monoisotopic (exact) mass is 448 g/mol. The molecule has 0 saturated carbocycles. The number of carbonyl (C=O) groups excluding carboxylic acids is 2. The van der Waals surface area contributed by atoms with Gasteiger partial charge in [0.25, 0.3) is 0 Å². The van der Waals surface area contributed by atoms with Crippen LogP contribution in [0.5, 0.6) is 0 Å². The number of amides is 2. The molecule has 2 aromatic rings. The van der Waals surface area contributed by atoms with Crippen LogP contribution < -0.4 is 5.32 Å². The number of nitrogens with one attached hydrogen (secondary N) is 1. The van der Waals surface area contributed by atoms with E-state index in [1.54, 1.807) is 11.8 Å². The predicted octanol–water partition coefficient (Wildman–Crippen LogP) is 4.48. The minimum Gasteiger partial charge on any atom is -0.352 e. The van der Waals surface area contributed by atoms with Gasteiger partial charge in [-0.05, 0) is 50.6 Å². The van der Waals surface area contributed by atoms with Crippen molar-refractivity contribution in [3.63, 3.8) is 0 Å². The molecule has 0 aromatic heterocycles. The first-order valence-corrected chi connectivity index (χ1v) is 10.7. The molecule has 6 heteroatoms. The fraction of sp³-hybridized carbons (Fsp3) is 0.333. The molecule has 1 atom stereocenters. The normalized spacial score (nSPS) is 11.9. The van der Waals surface area contributed by atoms with Crippen molar-refractivity contribution < 1.29 is 9.59 Å². The van der Waals surface area contributed by atoms with E-state index in [4.69, 9.17) is 0 Å². The summed E-state index contributed by atoms with van der Waals surface area (Å²) in [5.41, 5.74) is 0.987. The third-order valence-corrected chi connectivity index (χ3v) is 5.50. The first-order valence-electron chi connectivity index (χ1n) is 8.89. The number of carbonyl (C=O) groups is 2. The Labute approximate surface area is 173 Å². The summed E-state index contributed by atoms with van der Waals surface area (Å²) in [6, 6.07) is 17.1. The molecule has 0 saturated heterocycles. The van der Waals surface area contributed by atoms with Crippen LogP contribution >= 0.6 is 27.7 Å². The number of hydrogen-bond acceptors (Lipinski definition) is 3. The number of benzene rings is 2. The summed E-state index contributed by atoms with van der Waals surface area (Å²) in [5, 5.41) is 2.90. The Bertz CT molecular complexity index is 751. The highest BCUT2D eigenvalue weighted by Crippen LogP contribution is 2.20. The molecule has 0 fully saturated rings. The Morgan fingerprint density at radius 3 is 2.26 bits per heavy atom. The molecule has 0 bridgehead atoms. The second-order valence-corrected chi connectivity index (χ2v) is 8.55. The molecule has 4 nitrogen and oxygen atoms in total. The molecule has 144 valence electrons. The number of rotatable bonds is 8. The molecular formula is C21H25BrN2O2S. The van der Waals surface area contributed by atoms with E-state index in [-0.39, 0.29) is 17.9 Å². The molecule has 2 rings (SSSR count). The molecule has 1 N–H and O–H groups in total. The van der Waals surface area contributed by atoms with Crippen LogP contribution in [0.15, 0.2) is 64.0 Å². The Kier molecular flexibility index (Phi) is 8.38. The van der Waals surface area contributed by atoms with Gasteiger partial charge in [-0.2, -0.15) is 0 Å². The van der Waals surface area contributed by atoms with Crippen LogP contribution in [-0.2, 0) is 16.1 Å². The van der Waals surface area contributed by atoms with Gasteiger partial charge in [-0.15, -0.1) is 11.8 Å². The summed E-state index contributed by atoms with van der Waals surface area (Å²) in [5.74, 6) is 0.0955. The number of halogens is 1. The smallest absolute Gasteiger partial charge is 0.242 e. The lowest BCUT2D eigenvalue weighted by Gasteiger charge is -2.29. The first-order chi connectivity index (χ1) is 12.9. The molecule has 0 radical (unpaired) electrons. The maximum absolute atomic E-state index is 12.9. The van der Waals surface area contributed by atoms with Crippen molar-refractivity contribution in [2.24, 2.45) is 0 Å². The largest absolute Gasteiger partial charge is 0.352 e. The van der Waals surface area contributed by atoms with Crippen LogP contribution in [0.25, 0.3) is 0 Å². The van der Waals surface area contributed by atoms with Gasteiger partial charge in [0.15, 0.2) is 0 Å². The van der Waals surface area contributed by atoms with E-state index in [0.29, 0.717) is 12.3 Å². The molecule has 0 aliphatic carbocycles. The Balaban J connectivity index is 2.12. The van der Waals surface area contributed by atoms with Crippen molar-refractivity contribution in [2.45, 2.75) is 44.3 Å². The van der Waals surface area contributed by atoms with Gasteiger partial charge in [0, 0.05) is 22.0 Å². The third-order valence-electron chi connectivity index (χ3n) is 3.97. The zero-order valence-corrected chi connectivity index (χ0v) is 18.2. The Morgan fingerprint density at radius 1 is 1.04 bits per heavy atom. The predicted molar refractivity (Wildman–Crippen MR) is 115 cm³/mol. The van der Waals surface area contributed by atoms with Crippen LogP contribution in [0.3, 0.4) is 0 Å². The van der Waals surface area contributed by atoms with Crippen molar-refractivity contribution in [3.05, 3.63) is 64.6 Å². The van der Waals surface area contributed by atoms with Crippen molar-refractivity contribution in [1.82, 2.24) is 10.2 Å².